The molecule has 0 saturated carbocycles. The Hall–Kier alpha value is -6.84. The fourth-order valence-electron chi connectivity index (χ4n) is 10.5. The normalized spacial score (nSPS) is 13.9. The Morgan fingerprint density at radius 3 is 1.87 bits per heavy atom. The summed E-state index contributed by atoms with van der Waals surface area (Å²) in [7, 11) is 0. The van der Waals surface area contributed by atoms with Gasteiger partial charge in [0.05, 0.1) is 27.8 Å². The van der Waals surface area contributed by atoms with Crippen molar-refractivity contribution >= 4 is 60.8 Å². The summed E-state index contributed by atoms with van der Waals surface area (Å²) in [5.74, 6) is 0.858. The van der Waals surface area contributed by atoms with Gasteiger partial charge < -0.3 is 13.9 Å². The first-order chi connectivity index (χ1) is 30.4. The van der Waals surface area contributed by atoms with Gasteiger partial charge in [-0.15, -0.1) is 0 Å². The minimum Gasteiger partial charge on any atom is -0.456 e. The van der Waals surface area contributed by atoms with Crippen LogP contribution in [-0.2, 0) is 10.8 Å². The average molecular weight is 819 g/mol. The van der Waals surface area contributed by atoms with E-state index in [0.717, 1.165) is 44.7 Å². The second-order valence-corrected chi connectivity index (χ2v) is 19.6. The molecule has 0 bridgehead atoms. The highest BCUT2D eigenvalue weighted by Gasteiger charge is 2.41. The maximum Gasteiger partial charge on any atom is 0.137 e. The Balaban J connectivity index is 1.20. The first-order valence-corrected chi connectivity index (χ1v) is 22.6. The number of para-hydroxylation sites is 4. The van der Waals surface area contributed by atoms with Gasteiger partial charge in [-0.05, 0) is 111 Å². The first-order valence-electron chi connectivity index (χ1n) is 22.6. The summed E-state index contributed by atoms with van der Waals surface area (Å²) in [6, 6.07) is 62.7. The molecule has 3 nitrogen and oxygen atoms in total. The summed E-state index contributed by atoms with van der Waals surface area (Å²) in [5, 5.41) is 4.69. The van der Waals surface area contributed by atoms with Crippen molar-refractivity contribution < 1.29 is 4.42 Å². The highest BCUT2D eigenvalue weighted by atomic mass is 16.3. The van der Waals surface area contributed by atoms with Crippen molar-refractivity contribution in [3.05, 3.63) is 192 Å². The minimum absolute atomic E-state index is 0.0211. The van der Waals surface area contributed by atoms with Crippen molar-refractivity contribution in [2.75, 3.05) is 4.90 Å². The van der Waals surface area contributed by atoms with Crippen LogP contribution in [0.4, 0.5) is 17.1 Å². The standard InChI is InChI=1S/C60H54N2O/c1-37(2)38(3)47-34-39(59(4,5)6)35-49-57(47)56-45(26-18-27-48(56)60(49,7)8)44-24-11-15-30-52(44)62(53-31-19-33-55-58(53)46-25-12-16-32-54(46)63-55)41-21-17-20-40(36-41)61-50-28-13-9-22-42(50)43-23-10-14-29-51(43)61/h9-38H,1-8H3. The van der Waals surface area contributed by atoms with E-state index in [2.05, 4.69) is 235 Å². The van der Waals surface area contributed by atoms with Crippen LogP contribution in [0.25, 0.3) is 71.7 Å². The maximum absolute atomic E-state index is 6.59. The molecule has 8 aromatic carbocycles. The van der Waals surface area contributed by atoms with Gasteiger partial charge in [0.15, 0.2) is 0 Å². The molecule has 0 saturated heterocycles. The molecular weight excluding hydrogens is 765 g/mol. The Bertz CT molecular complexity index is 3370. The van der Waals surface area contributed by atoms with E-state index in [0.29, 0.717) is 11.8 Å². The van der Waals surface area contributed by atoms with E-state index in [9.17, 15) is 0 Å². The predicted octanol–water partition coefficient (Wildman–Crippen LogP) is 17.2. The molecule has 2 aromatic heterocycles. The molecular formula is C60H54N2O. The number of furan rings is 1. The Morgan fingerprint density at radius 2 is 1.14 bits per heavy atom. The van der Waals surface area contributed by atoms with E-state index >= 15 is 0 Å². The van der Waals surface area contributed by atoms with Crippen LogP contribution >= 0.6 is 0 Å². The molecule has 3 heteroatoms. The number of benzene rings is 8. The van der Waals surface area contributed by atoms with Crippen molar-refractivity contribution in [1.82, 2.24) is 4.57 Å². The van der Waals surface area contributed by atoms with Crippen molar-refractivity contribution in [2.24, 2.45) is 5.92 Å². The van der Waals surface area contributed by atoms with Crippen molar-refractivity contribution in [3.8, 4) is 27.9 Å². The monoisotopic (exact) mass is 818 g/mol. The third-order valence-corrected chi connectivity index (χ3v) is 14.2. The zero-order valence-electron chi connectivity index (χ0n) is 37.6. The van der Waals surface area contributed by atoms with Gasteiger partial charge in [0.25, 0.3) is 0 Å². The lowest BCUT2D eigenvalue weighted by Crippen LogP contribution is -2.19. The zero-order chi connectivity index (χ0) is 43.4. The SMILES string of the molecule is CC(C)C(C)c1cc(C(C)(C)C)cc2c1-c1c(-c3ccccc3N(c3cccc(-n4c5ccccc5c5ccccc54)c3)c3cccc4oc5ccccc5c34)cccc1C2(C)C. The molecule has 11 rings (SSSR count). The van der Waals surface area contributed by atoms with Gasteiger partial charge in [-0.1, -0.05) is 171 Å². The smallest absolute Gasteiger partial charge is 0.137 e. The quantitative estimate of drug-likeness (QED) is 0.160. The van der Waals surface area contributed by atoms with Crippen LogP contribution in [0.2, 0.25) is 0 Å². The number of aromatic nitrogens is 1. The largest absolute Gasteiger partial charge is 0.456 e. The fourth-order valence-corrected chi connectivity index (χ4v) is 10.5. The molecule has 10 aromatic rings. The van der Waals surface area contributed by atoms with Crippen molar-refractivity contribution in [1.29, 1.82) is 0 Å². The molecule has 0 radical (unpaired) electrons. The number of rotatable bonds is 7. The highest BCUT2D eigenvalue weighted by Crippen LogP contribution is 2.57. The Labute approximate surface area is 371 Å². The topological polar surface area (TPSA) is 21.3 Å². The van der Waals surface area contributed by atoms with Gasteiger partial charge >= 0.3 is 0 Å². The average Bonchev–Trinajstić information content (AvgIpc) is 3.92. The lowest BCUT2D eigenvalue weighted by molar-refractivity contribution is 0.530. The summed E-state index contributed by atoms with van der Waals surface area (Å²) < 4.78 is 9.00. The molecule has 0 aliphatic heterocycles. The van der Waals surface area contributed by atoms with Crippen LogP contribution in [0.1, 0.15) is 83.6 Å². The second kappa shape index (κ2) is 14.4. The predicted molar refractivity (Wildman–Crippen MR) is 268 cm³/mol. The number of anilines is 3. The van der Waals surface area contributed by atoms with Gasteiger partial charge in [0.2, 0.25) is 0 Å². The van der Waals surface area contributed by atoms with Crippen LogP contribution < -0.4 is 4.90 Å². The summed E-state index contributed by atoms with van der Waals surface area (Å²) in [6.45, 7) is 19.1. The lowest BCUT2D eigenvalue weighted by atomic mass is 9.75. The number of fused-ring (bicyclic) bond motifs is 9. The lowest BCUT2D eigenvalue weighted by Gasteiger charge is -2.30. The molecule has 63 heavy (non-hydrogen) atoms. The molecule has 1 aliphatic rings. The van der Waals surface area contributed by atoms with Crippen molar-refractivity contribution in [3.63, 3.8) is 0 Å². The zero-order valence-corrected chi connectivity index (χ0v) is 37.6. The molecule has 1 aliphatic carbocycles. The van der Waals surface area contributed by atoms with Gasteiger partial charge in [-0.25, -0.2) is 0 Å². The van der Waals surface area contributed by atoms with Crippen LogP contribution in [0.5, 0.6) is 0 Å². The van der Waals surface area contributed by atoms with E-state index in [1.807, 2.05) is 0 Å². The molecule has 0 amide bonds. The second-order valence-electron chi connectivity index (χ2n) is 19.6. The van der Waals surface area contributed by atoms with Gasteiger partial charge in [0, 0.05) is 38.5 Å². The molecule has 310 valence electrons. The van der Waals surface area contributed by atoms with E-state index in [4.69, 9.17) is 4.42 Å². The van der Waals surface area contributed by atoms with Gasteiger partial charge in [0.1, 0.15) is 11.2 Å². The number of hydrogen-bond donors (Lipinski definition) is 0. The van der Waals surface area contributed by atoms with E-state index < -0.39 is 0 Å². The molecule has 2 heterocycles. The molecule has 0 spiro atoms. The van der Waals surface area contributed by atoms with Crippen LogP contribution in [0.3, 0.4) is 0 Å². The summed E-state index contributed by atoms with van der Waals surface area (Å²) in [6.07, 6.45) is 0. The Kier molecular flexibility index (Phi) is 8.90. The summed E-state index contributed by atoms with van der Waals surface area (Å²) >= 11 is 0. The number of hydrogen-bond acceptors (Lipinski definition) is 2. The maximum atomic E-state index is 6.59. The summed E-state index contributed by atoms with van der Waals surface area (Å²) in [5.41, 5.74) is 19.2. The van der Waals surface area contributed by atoms with E-state index in [1.54, 1.807) is 0 Å². The van der Waals surface area contributed by atoms with E-state index in [1.165, 1.54) is 66.3 Å². The number of nitrogens with zero attached hydrogens (tertiary/aromatic N) is 2. The Morgan fingerprint density at radius 1 is 0.540 bits per heavy atom. The molecule has 0 N–H and O–H groups in total. The summed E-state index contributed by atoms with van der Waals surface area (Å²) in [4.78, 5) is 2.48. The third-order valence-electron chi connectivity index (χ3n) is 14.2. The third kappa shape index (κ3) is 6.00. The molecule has 1 unspecified atom stereocenters. The van der Waals surface area contributed by atoms with E-state index in [-0.39, 0.29) is 10.8 Å². The van der Waals surface area contributed by atoms with Crippen molar-refractivity contribution in [2.45, 2.75) is 72.1 Å². The molecule has 0 fully saturated rings. The van der Waals surface area contributed by atoms with Gasteiger partial charge in [-0.3, -0.25) is 0 Å². The van der Waals surface area contributed by atoms with Crippen LogP contribution in [0, 0.1) is 5.92 Å². The van der Waals surface area contributed by atoms with Crippen LogP contribution in [0.15, 0.2) is 174 Å². The van der Waals surface area contributed by atoms with Crippen LogP contribution in [-0.4, -0.2) is 4.57 Å². The minimum atomic E-state index is -0.181. The fraction of sp³-hybridized carbons (Fsp3) is 0.200. The molecule has 1 atom stereocenters. The highest BCUT2D eigenvalue weighted by molar-refractivity contribution is 6.14. The first kappa shape index (κ1) is 39.0. The van der Waals surface area contributed by atoms with Gasteiger partial charge in [-0.2, -0.15) is 0 Å².